The van der Waals surface area contributed by atoms with Crippen molar-refractivity contribution in [3.63, 3.8) is 0 Å². The molecule has 0 bridgehead atoms. The molecule has 134 valence electrons. The maximum atomic E-state index is 11.6. The number of hydrogen-bond acceptors (Lipinski definition) is 4. The SMILES string of the molecule is CC(C)(C)OC(=O)NCCONC1(c2cccc3ccccc23)CC1. The Labute approximate surface area is 148 Å². The van der Waals surface area contributed by atoms with Crippen LogP contribution >= 0.6 is 0 Å². The molecule has 0 aromatic heterocycles. The van der Waals surface area contributed by atoms with Crippen molar-refractivity contribution in [2.24, 2.45) is 0 Å². The average molecular weight is 342 g/mol. The third-order valence-corrected chi connectivity index (χ3v) is 4.20. The van der Waals surface area contributed by atoms with Crippen molar-refractivity contribution >= 4 is 16.9 Å². The van der Waals surface area contributed by atoms with E-state index in [0.29, 0.717) is 13.2 Å². The van der Waals surface area contributed by atoms with Crippen LogP contribution in [0.5, 0.6) is 0 Å². The molecule has 1 aliphatic carbocycles. The number of hydrogen-bond donors (Lipinski definition) is 2. The molecule has 2 aromatic carbocycles. The normalized spacial score (nSPS) is 15.8. The molecular weight excluding hydrogens is 316 g/mol. The Morgan fingerprint density at radius 2 is 1.84 bits per heavy atom. The van der Waals surface area contributed by atoms with Gasteiger partial charge in [-0.1, -0.05) is 42.5 Å². The molecule has 0 spiro atoms. The highest BCUT2D eigenvalue weighted by Gasteiger charge is 2.45. The van der Waals surface area contributed by atoms with Gasteiger partial charge in [-0.2, -0.15) is 5.48 Å². The number of rotatable bonds is 6. The fourth-order valence-corrected chi connectivity index (χ4v) is 2.90. The van der Waals surface area contributed by atoms with Crippen molar-refractivity contribution in [1.29, 1.82) is 0 Å². The molecule has 0 aliphatic heterocycles. The summed E-state index contributed by atoms with van der Waals surface area (Å²) in [6.45, 7) is 6.29. The molecule has 1 fully saturated rings. The van der Waals surface area contributed by atoms with Gasteiger partial charge >= 0.3 is 6.09 Å². The fourth-order valence-electron chi connectivity index (χ4n) is 2.90. The Bertz CT molecular complexity index is 743. The van der Waals surface area contributed by atoms with Crippen molar-refractivity contribution in [3.8, 4) is 0 Å². The zero-order valence-electron chi connectivity index (χ0n) is 15.1. The summed E-state index contributed by atoms with van der Waals surface area (Å²) in [4.78, 5) is 17.2. The van der Waals surface area contributed by atoms with Gasteiger partial charge in [0, 0.05) is 6.54 Å². The van der Waals surface area contributed by atoms with Crippen LogP contribution in [-0.4, -0.2) is 24.8 Å². The summed E-state index contributed by atoms with van der Waals surface area (Å²) in [5.74, 6) is 0. The van der Waals surface area contributed by atoms with Crippen molar-refractivity contribution in [2.75, 3.05) is 13.2 Å². The summed E-state index contributed by atoms with van der Waals surface area (Å²) in [5, 5.41) is 5.18. The Hall–Kier alpha value is -2.11. The minimum absolute atomic E-state index is 0.118. The van der Waals surface area contributed by atoms with Gasteiger partial charge in [-0.25, -0.2) is 4.79 Å². The van der Waals surface area contributed by atoms with Crippen molar-refractivity contribution in [2.45, 2.75) is 44.8 Å². The van der Waals surface area contributed by atoms with Gasteiger partial charge < -0.3 is 10.1 Å². The lowest BCUT2D eigenvalue weighted by Gasteiger charge is -2.21. The van der Waals surface area contributed by atoms with Crippen LogP contribution in [0.2, 0.25) is 0 Å². The molecule has 1 aliphatic rings. The molecule has 0 atom stereocenters. The fraction of sp³-hybridized carbons (Fsp3) is 0.450. The van der Waals surface area contributed by atoms with Crippen LogP contribution in [0.4, 0.5) is 4.79 Å². The van der Waals surface area contributed by atoms with E-state index < -0.39 is 11.7 Å². The van der Waals surface area contributed by atoms with Crippen molar-refractivity contribution < 1.29 is 14.4 Å². The molecule has 0 heterocycles. The first-order chi connectivity index (χ1) is 11.9. The molecule has 0 radical (unpaired) electrons. The number of hydroxylamine groups is 1. The van der Waals surface area contributed by atoms with Crippen LogP contribution in [0, 0.1) is 0 Å². The van der Waals surface area contributed by atoms with E-state index in [2.05, 4.69) is 53.3 Å². The van der Waals surface area contributed by atoms with E-state index in [4.69, 9.17) is 9.57 Å². The summed E-state index contributed by atoms with van der Waals surface area (Å²) in [5.41, 5.74) is 3.87. The smallest absolute Gasteiger partial charge is 0.407 e. The maximum Gasteiger partial charge on any atom is 0.407 e. The molecule has 0 unspecified atom stereocenters. The molecule has 0 saturated heterocycles. The first kappa shape index (κ1) is 17.7. The Morgan fingerprint density at radius 1 is 1.12 bits per heavy atom. The number of nitrogens with one attached hydrogen (secondary N) is 2. The van der Waals surface area contributed by atoms with Crippen LogP contribution in [0.15, 0.2) is 42.5 Å². The van der Waals surface area contributed by atoms with Gasteiger partial charge in [-0.3, -0.25) is 4.84 Å². The highest BCUT2D eigenvalue weighted by molar-refractivity contribution is 5.87. The second-order valence-electron chi connectivity index (χ2n) is 7.49. The van der Waals surface area contributed by atoms with Crippen LogP contribution < -0.4 is 10.8 Å². The number of ether oxygens (including phenoxy) is 1. The minimum Gasteiger partial charge on any atom is -0.444 e. The zero-order valence-corrected chi connectivity index (χ0v) is 15.1. The van der Waals surface area contributed by atoms with Gasteiger partial charge in [0.1, 0.15) is 5.60 Å². The number of carbonyl (C=O) groups is 1. The molecule has 1 saturated carbocycles. The van der Waals surface area contributed by atoms with Crippen LogP contribution in [0.3, 0.4) is 0 Å². The Kier molecular flexibility index (Phi) is 4.97. The Balaban J connectivity index is 1.51. The van der Waals surface area contributed by atoms with Crippen molar-refractivity contribution in [1.82, 2.24) is 10.8 Å². The summed E-state index contributed by atoms with van der Waals surface area (Å²) in [6.07, 6.45) is 1.66. The lowest BCUT2D eigenvalue weighted by molar-refractivity contribution is 0.00643. The van der Waals surface area contributed by atoms with Crippen molar-refractivity contribution in [3.05, 3.63) is 48.0 Å². The molecule has 25 heavy (non-hydrogen) atoms. The molecule has 2 aromatic rings. The molecule has 3 rings (SSSR count). The summed E-state index contributed by atoms with van der Waals surface area (Å²) < 4.78 is 5.19. The zero-order chi connectivity index (χ0) is 17.9. The van der Waals surface area contributed by atoms with Gasteiger partial charge in [-0.15, -0.1) is 0 Å². The lowest BCUT2D eigenvalue weighted by atomic mass is 9.97. The predicted molar refractivity (Wildman–Crippen MR) is 98.2 cm³/mol. The topological polar surface area (TPSA) is 59.6 Å². The number of alkyl carbamates (subject to hydrolysis) is 1. The lowest BCUT2D eigenvalue weighted by Crippen LogP contribution is -2.36. The summed E-state index contributed by atoms with van der Waals surface area (Å²) in [6, 6.07) is 14.8. The van der Waals surface area contributed by atoms with Crippen LogP contribution in [0.25, 0.3) is 10.8 Å². The third kappa shape index (κ3) is 4.50. The van der Waals surface area contributed by atoms with E-state index in [0.717, 1.165) is 12.8 Å². The standard InChI is InChI=1S/C20H26N2O3/c1-19(2,3)25-18(23)21-13-14-24-22-20(11-12-20)17-10-6-8-15-7-4-5-9-16(15)17/h4-10,22H,11-14H2,1-3H3,(H,21,23). The van der Waals surface area contributed by atoms with E-state index in [1.54, 1.807) is 0 Å². The largest absolute Gasteiger partial charge is 0.444 e. The van der Waals surface area contributed by atoms with E-state index >= 15 is 0 Å². The highest BCUT2D eigenvalue weighted by Crippen LogP contribution is 2.47. The minimum atomic E-state index is -0.490. The van der Waals surface area contributed by atoms with E-state index in [-0.39, 0.29) is 5.54 Å². The van der Waals surface area contributed by atoms with E-state index in [1.807, 2.05) is 20.8 Å². The van der Waals surface area contributed by atoms with Gasteiger partial charge in [0.25, 0.3) is 0 Å². The Morgan fingerprint density at radius 3 is 2.56 bits per heavy atom. The van der Waals surface area contributed by atoms with E-state index in [9.17, 15) is 4.79 Å². The number of carbonyl (C=O) groups excluding carboxylic acids is 1. The molecule has 2 N–H and O–H groups in total. The highest BCUT2D eigenvalue weighted by atomic mass is 16.6. The van der Waals surface area contributed by atoms with Gasteiger partial charge in [0.05, 0.1) is 12.1 Å². The van der Waals surface area contributed by atoms with Crippen LogP contribution in [0.1, 0.15) is 39.2 Å². The number of benzene rings is 2. The van der Waals surface area contributed by atoms with Gasteiger partial charge in [0.15, 0.2) is 0 Å². The number of fused-ring (bicyclic) bond motifs is 1. The molecular formula is C20H26N2O3. The quantitative estimate of drug-likeness (QED) is 0.618. The maximum absolute atomic E-state index is 11.6. The molecule has 5 nitrogen and oxygen atoms in total. The molecule has 1 amide bonds. The monoisotopic (exact) mass is 342 g/mol. The second-order valence-corrected chi connectivity index (χ2v) is 7.49. The molecule has 5 heteroatoms. The summed E-state index contributed by atoms with van der Waals surface area (Å²) >= 11 is 0. The summed E-state index contributed by atoms with van der Waals surface area (Å²) in [7, 11) is 0. The van der Waals surface area contributed by atoms with Gasteiger partial charge in [-0.05, 0) is 49.9 Å². The average Bonchev–Trinajstić information content (AvgIpc) is 3.33. The van der Waals surface area contributed by atoms with E-state index in [1.165, 1.54) is 16.3 Å². The van der Waals surface area contributed by atoms with Gasteiger partial charge in [0.2, 0.25) is 0 Å². The second kappa shape index (κ2) is 7.02. The third-order valence-electron chi connectivity index (χ3n) is 4.20. The first-order valence-electron chi connectivity index (χ1n) is 8.74. The predicted octanol–water partition coefficient (Wildman–Crippen LogP) is 3.87. The van der Waals surface area contributed by atoms with Crippen LogP contribution in [-0.2, 0) is 15.1 Å². The number of amides is 1. The first-order valence-corrected chi connectivity index (χ1v) is 8.74.